The van der Waals surface area contributed by atoms with E-state index in [4.69, 9.17) is 23.2 Å². The minimum atomic E-state index is 0.457. The van der Waals surface area contributed by atoms with Crippen LogP contribution in [0.2, 0.25) is 10.0 Å². The molecule has 1 N–H and O–H groups in total. The zero-order chi connectivity index (χ0) is 12.4. The SMILES string of the molecule is Clc1c(Br)ccc(Nc2ncccc2Br)c1Cl. The molecule has 88 valence electrons. The van der Waals surface area contributed by atoms with Crippen molar-refractivity contribution in [2.45, 2.75) is 0 Å². The van der Waals surface area contributed by atoms with E-state index in [-0.39, 0.29) is 0 Å². The molecular formula is C11H6Br2Cl2N2. The Labute approximate surface area is 126 Å². The lowest BCUT2D eigenvalue weighted by Crippen LogP contribution is -1.95. The predicted molar refractivity (Wildman–Crippen MR) is 79.4 cm³/mol. The van der Waals surface area contributed by atoms with Crippen LogP contribution < -0.4 is 5.32 Å². The Morgan fingerprint density at radius 2 is 1.76 bits per heavy atom. The number of hydrogen-bond acceptors (Lipinski definition) is 2. The summed E-state index contributed by atoms with van der Waals surface area (Å²) in [5, 5.41) is 4.05. The van der Waals surface area contributed by atoms with Crippen molar-refractivity contribution in [3.05, 3.63) is 49.5 Å². The number of nitrogens with zero attached hydrogens (tertiary/aromatic N) is 1. The van der Waals surface area contributed by atoms with E-state index in [1.165, 1.54) is 0 Å². The van der Waals surface area contributed by atoms with Crippen molar-refractivity contribution in [3.8, 4) is 0 Å². The number of halogens is 4. The third-order valence-electron chi connectivity index (χ3n) is 2.05. The van der Waals surface area contributed by atoms with Crippen molar-refractivity contribution < 1.29 is 0 Å². The van der Waals surface area contributed by atoms with E-state index in [9.17, 15) is 0 Å². The molecule has 0 saturated carbocycles. The van der Waals surface area contributed by atoms with Crippen LogP contribution in [-0.4, -0.2) is 4.98 Å². The number of nitrogens with one attached hydrogen (secondary N) is 1. The van der Waals surface area contributed by atoms with Crippen LogP contribution >= 0.6 is 55.1 Å². The van der Waals surface area contributed by atoms with Crippen LogP contribution in [0.5, 0.6) is 0 Å². The molecule has 6 heteroatoms. The summed E-state index contributed by atoms with van der Waals surface area (Å²) in [7, 11) is 0. The van der Waals surface area contributed by atoms with Gasteiger partial charge in [0.15, 0.2) is 0 Å². The van der Waals surface area contributed by atoms with Gasteiger partial charge in [-0.15, -0.1) is 0 Å². The quantitative estimate of drug-likeness (QED) is 0.663. The summed E-state index contributed by atoms with van der Waals surface area (Å²) in [6.07, 6.45) is 1.70. The van der Waals surface area contributed by atoms with Crippen LogP contribution in [0.15, 0.2) is 39.4 Å². The molecule has 1 aromatic carbocycles. The van der Waals surface area contributed by atoms with Gasteiger partial charge in [-0.3, -0.25) is 0 Å². The normalized spacial score (nSPS) is 10.4. The highest BCUT2D eigenvalue weighted by molar-refractivity contribution is 9.11. The van der Waals surface area contributed by atoms with Crippen LogP contribution in [0.3, 0.4) is 0 Å². The third kappa shape index (κ3) is 2.94. The van der Waals surface area contributed by atoms with Gasteiger partial charge in [0.05, 0.1) is 20.2 Å². The van der Waals surface area contributed by atoms with Crippen molar-refractivity contribution in [1.29, 1.82) is 0 Å². The Bertz CT molecular complexity index is 561. The van der Waals surface area contributed by atoms with Gasteiger partial charge in [0, 0.05) is 10.7 Å². The number of hydrogen-bond donors (Lipinski definition) is 1. The molecule has 0 atom stereocenters. The Balaban J connectivity index is 2.38. The van der Waals surface area contributed by atoms with E-state index in [2.05, 4.69) is 42.2 Å². The van der Waals surface area contributed by atoms with Gasteiger partial charge in [-0.25, -0.2) is 4.98 Å². The molecule has 2 rings (SSSR count). The molecule has 1 heterocycles. The maximum absolute atomic E-state index is 6.13. The molecule has 0 saturated heterocycles. The minimum Gasteiger partial charge on any atom is -0.338 e. The second-order valence-electron chi connectivity index (χ2n) is 3.18. The monoisotopic (exact) mass is 394 g/mol. The summed E-state index contributed by atoms with van der Waals surface area (Å²) in [5.74, 6) is 0.688. The Kier molecular flexibility index (Phi) is 4.31. The first-order valence-electron chi connectivity index (χ1n) is 4.60. The topological polar surface area (TPSA) is 24.9 Å². The summed E-state index contributed by atoms with van der Waals surface area (Å²) in [6.45, 7) is 0. The molecule has 0 bridgehead atoms. The van der Waals surface area contributed by atoms with Gasteiger partial charge in [0.25, 0.3) is 0 Å². The number of anilines is 2. The van der Waals surface area contributed by atoms with E-state index in [1.54, 1.807) is 6.20 Å². The maximum Gasteiger partial charge on any atom is 0.144 e. The standard InChI is InChI=1S/C11H6Br2Cl2N2/c12-6-3-4-8(10(15)9(6)14)17-11-7(13)2-1-5-16-11/h1-5H,(H,16,17). The summed E-state index contributed by atoms with van der Waals surface area (Å²) in [6, 6.07) is 7.39. The number of benzene rings is 1. The summed E-state index contributed by atoms with van der Waals surface area (Å²) in [4.78, 5) is 4.20. The van der Waals surface area contributed by atoms with Crippen molar-refractivity contribution in [2.75, 3.05) is 5.32 Å². The highest BCUT2D eigenvalue weighted by atomic mass is 79.9. The largest absolute Gasteiger partial charge is 0.338 e. The summed E-state index contributed by atoms with van der Waals surface area (Å²) >= 11 is 18.9. The molecule has 2 nitrogen and oxygen atoms in total. The fourth-order valence-corrected chi connectivity index (χ4v) is 2.40. The van der Waals surface area contributed by atoms with Gasteiger partial charge in [-0.2, -0.15) is 0 Å². The average molecular weight is 397 g/mol. The molecule has 0 aliphatic rings. The predicted octanol–water partition coefficient (Wildman–Crippen LogP) is 5.66. The van der Waals surface area contributed by atoms with Gasteiger partial charge >= 0.3 is 0 Å². The first kappa shape index (κ1) is 13.1. The molecular weight excluding hydrogens is 391 g/mol. The summed E-state index contributed by atoms with van der Waals surface area (Å²) < 4.78 is 1.62. The van der Waals surface area contributed by atoms with Crippen molar-refractivity contribution in [3.63, 3.8) is 0 Å². The van der Waals surface area contributed by atoms with Crippen LogP contribution in [0.25, 0.3) is 0 Å². The Morgan fingerprint density at radius 3 is 2.47 bits per heavy atom. The van der Waals surface area contributed by atoms with Gasteiger partial charge < -0.3 is 5.32 Å². The van der Waals surface area contributed by atoms with E-state index in [1.807, 2.05) is 24.3 Å². The average Bonchev–Trinajstić information content (AvgIpc) is 2.32. The maximum atomic E-state index is 6.13. The zero-order valence-electron chi connectivity index (χ0n) is 8.35. The third-order valence-corrected chi connectivity index (χ3v) is 4.46. The fraction of sp³-hybridized carbons (Fsp3) is 0. The van der Waals surface area contributed by atoms with Gasteiger partial charge in [0.2, 0.25) is 0 Å². The van der Waals surface area contributed by atoms with Crippen LogP contribution in [0, 0.1) is 0 Å². The molecule has 0 radical (unpaired) electrons. The summed E-state index contributed by atoms with van der Waals surface area (Å²) in [5.41, 5.74) is 0.708. The fourth-order valence-electron chi connectivity index (χ4n) is 1.23. The molecule has 1 aromatic heterocycles. The minimum absolute atomic E-state index is 0.457. The Hall–Kier alpha value is -0.290. The van der Waals surface area contributed by atoms with Gasteiger partial charge in [-0.1, -0.05) is 23.2 Å². The molecule has 0 aliphatic carbocycles. The van der Waals surface area contributed by atoms with Crippen LogP contribution in [-0.2, 0) is 0 Å². The second-order valence-corrected chi connectivity index (χ2v) is 5.65. The van der Waals surface area contributed by atoms with E-state index < -0.39 is 0 Å². The zero-order valence-corrected chi connectivity index (χ0v) is 13.0. The van der Waals surface area contributed by atoms with Crippen molar-refractivity contribution >= 4 is 66.6 Å². The molecule has 0 spiro atoms. The number of rotatable bonds is 2. The van der Waals surface area contributed by atoms with Crippen molar-refractivity contribution in [1.82, 2.24) is 4.98 Å². The van der Waals surface area contributed by atoms with Crippen LogP contribution in [0.1, 0.15) is 0 Å². The molecule has 0 unspecified atom stereocenters. The van der Waals surface area contributed by atoms with E-state index >= 15 is 0 Å². The lowest BCUT2D eigenvalue weighted by atomic mass is 10.3. The molecule has 2 aromatic rings. The van der Waals surface area contributed by atoms with Crippen molar-refractivity contribution in [2.24, 2.45) is 0 Å². The molecule has 0 fully saturated rings. The number of pyridine rings is 1. The lowest BCUT2D eigenvalue weighted by Gasteiger charge is -2.10. The van der Waals surface area contributed by atoms with Gasteiger partial charge in [-0.05, 0) is 56.1 Å². The number of aromatic nitrogens is 1. The second kappa shape index (κ2) is 5.57. The first-order chi connectivity index (χ1) is 8.09. The first-order valence-corrected chi connectivity index (χ1v) is 6.95. The van der Waals surface area contributed by atoms with E-state index in [0.717, 1.165) is 8.95 Å². The molecule has 0 aliphatic heterocycles. The Morgan fingerprint density at radius 1 is 1.00 bits per heavy atom. The van der Waals surface area contributed by atoms with Gasteiger partial charge in [0.1, 0.15) is 5.82 Å². The lowest BCUT2D eigenvalue weighted by molar-refractivity contribution is 1.29. The van der Waals surface area contributed by atoms with E-state index in [0.29, 0.717) is 21.6 Å². The highest BCUT2D eigenvalue weighted by Gasteiger charge is 2.10. The molecule has 0 amide bonds. The van der Waals surface area contributed by atoms with Crippen LogP contribution in [0.4, 0.5) is 11.5 Å². The molecule has 17 heavy (non-hydrogen) atoms. The smallest absolute Gasteiger partial charge is 0.144 e. The highest BCUT2D eigenvalue weighted by Crippen LogP contribution is 2.37.